The second-order valence-corrected chi connectivity index (χ2v) is 20.5. The van der Waals surface area contributed by atoms with E-state index < -0.39 is 5.60 Å². The monoisotopic (exact) mass is 946 g/mol. The lowest BCUT2D eigenvalue weighted by atomic mass is 9.76. The van der Waals surface area contributed by atoms with E-state index in [2.05, 4.69) is 132 Å². The van der Waals surface area contributed by atoms with Crippen molar-refractivity contribution in [2.24, 2.45) is 0 Å². The number of hydrogen-bond acceptors (Lipinski definition) is 2. The molecule has 0 N–H and O–H groups in total. The number of ether oxygens (including phenoxy) is 1. The van der Waals surface area contributed by atoms with Crippen LogP contribution in [0.25, 0.3) is 115 Å². The Bertz CT molecular complexity index is 4330. The van der Waals surface area contributed by atoms with Crippen LogP contribution in [0.1, 0.15) is 46.2 Å². The van der Waals surface area contributed by atoms with E-state index in [1.54, 1.807) is 24.3 Å². The topological polar surface area (TPSA) is 22.4 Å². The van der Waals surface area contributed by atoms with Gasteiger partial charge in [-0.15, -0.1) is 0 Å². The number of fused-ring (bicyclic) bond motifs is 8. The average Bonchev–Trinajstić information content (AvgIpc) is 3.91. The lowest BCUT2D eigenvalue weighted by Crippen LogP contribution is -2.33. The van der Waals surface area contributed by atoms with Gasteiger partial charge in [0.25, 0.3) is 0 Å². The molecular weight excluding hydrogens is 899 g/mol. The van der Waals surface area contributed by atoms with Gasteiger partial charge in [-0.3, -0.25) is 0 Å². The van der Waals surface area contributed by atoms with Crippen LogP contribution >= 0.6 is 0 Å². The van der Waals surface area contributed by atoms with Gasteiger partial charge in [0.05, 0.1) is 0 Å². The van der Waals surface area contributed by atoms with E-state index in [1.165, 1.54) is 33.4 Å². The van der Waals surface area contributed by atoms with Crippen LogP contribution < -0.4 is 4.74 Å². The molecule has 4 heteroatoms. The molecule has 11 aromatic carbocycles. The maximum atomic E-state index is 17.5. The minimum absolute atomic E-state index is 0.213. The minimum atomic E-state index is -0.819. The first-order valence-electron chi connectivity index (χ1n) is 25.1. The van der Waals surface area contributed by atoms with Crippen molar-refractivity contribution in [3.8, 4) is 61.4 Å². The van der Waals surface area contributed by atoms with Gasteiger partial charge in [0.2, 0.25) is 0 Å². The van der Waals surface area contributed by atoms with Gasteiger partial charge < -0.3 is 9.15 Å². The molecule has 2 atom stereocenters. The molecule has 2 nitrogen and oxygen atoms in total. The molecule has 0 fully saturated rings. The summed E-state index contributed by atoms with van der Waals surface area (Å²) in [6, 6.07) is 58.8. The third-order valence-electron chi connectivity index (χ3n) is 16.0. The lowest BCUT2D eigenvalue weighted by Gasteiger charge is -2.30. The van der Waals surface area contributed by atoms with Crippen molar-refractivity contribution >= 4 is 59.8 Å². The summed E-state index contributed by atoms with van der Waals surface area (Å²) in [7, 11) is 0. The third-order valence-corrected chi connectivity index (χ3v) is 16.0. The van der Waals surface area contributed by atoms with Crippen molar-refractivity contribution < 1.29 is 17.9 Å². The second-order valence-electron chi connectivity index (χ2n) is 20.5. The zero-order chi connectivity index (χ0) is 49.4. The maximum absolute atomic E-state index is 17.5. The highest BCUT2D eigenvalue weighted by Gasteiger charge is 2.46. The van der Waals surface area contributed by atoms with Crippen LogP contribution in [0.15, 0.2) is 199 Å². The Hall–Kier alpha value is -8.60. The quantitative estimate of drug-likeness (QED) is 0.155. The molecule has 73 heavy (non-hydrogen) atoms. The van der Waals surface area contributed by atoms with E-state index in [0.29, 0.717) is 28.0 Å². The minimum Gasteiger partial charge on any atom is -0.482 e. The Morgan fingerprint density at radius 2 is 1.05 bits per heavy atom. The van der Waals surface area contributed by atoms with Crippen LogP contribution in [-0.4, -0.2) is 5.60 Å². The number of halogens is 2. The standard InChI is InChI=1S/C69H48F2O2/c1-38-16-12-17-39(2)60(38)44-28-30-49-52-32-46-33-54(64-48(25-15-27-58(64)71)43-22-10-7-11-23-43)66-65-51(35-53-56-31-29-45(37-69(56,5)73-68(53)66)61-40(3)18-13-19-41(61)4)50(36-55(62(46)65)67(52)72-59(49)34-44)63-47(24-14-26-57(63)70)42-20-8-6-9-21-42/h6-37,56H,1-5H3. The zero-order valence-corrected chi connectivity index (χ0v) is 41.1. The number of benzene rings is 11. The molecule has 2 unspecified atom stereocenters. The van der Waals surface area contributed by atoms with Gasteiger partial charge in [0, 0.05) is 54.9 Å². The molecule has 1 aromatic heterocycles. The fourth-order valence-corrected chi connectivity index (χ4v) is 12.8. The van der Waals surface area contributed by atoms with E-state index >= 15 is 8.78 Å². The highest BCUT2D eigenvalue weighted by atomic mass is 19.1. The average molecular weight is 947 g/mol. The Morgan fingerprint density at radius 1 is 0.452 bits per heavy atom. The highest BCUT2D eigenvalue weighted by molar-refractivity contribution is 6.36. The number of allylic oxidation sites excluding steroid dienone is 2. The van der Waals surface area contributed by atoms with Crippen LogP contribution in [-0.2, 0) is 0 Å². The summed E-state index contributed by atoms with van der Waals surface area (Å²) in [6.07, 6.45) is 6.77. The van der Waals surface area contributed by atoms with Crippen molar-refractivity contribution in [3.05, 3.63) is 239 Å². The van der Waals surface area contributed by atoms with E-state index in [4.69, 9.17) is 9.15 Å². The predicted molar refractivity (Wildman–Crippen MR) is 299 cm³/mol. The Labute approximate surface area is 422 Å². The van der Waals surface area contributed by atoms with Gasteiger partial charge in [0.1, 0.15) is 34.2 Å². The van der Waals surface area contributed by atoms with Gasteiger partial charge in [-0.2, -0.15) is 0 Å². The van der Waals surface area contributed by atoms with E-state index in [-0.39, 0.29) is 17.6 Å². The third kappa shape index (κ3) is 6.39. The van der Waals surface area contributed by atoms with E-state index in [1.807, 2.05) is 72.8 Å². The second kappa shape index (κ2) is 16.0. The van der Waals surface area contributed by atoms with Crippen molar-refractivity contribution in [2.45, 2.75) is 46.1 Å². The van der Waals surface area contributed by atoms with Gasteiger partial charge in [0.15, 0.2) is 0 Å². The lowest BCUT2D eigenvalue weighted by molar-refractivity contribution is 0.158. The Balaban J connectivity index is 1.16. The molecule has 0 bridgehead atoms. The number of rotatable bonds is 6. The van der Waals surface area contributed by atoms with Crippen molar-refractivity contribution in [1.82, 2.24) is 0 Å². The normalized spacial score (nSPS) is 16.2. The molecule has 0 saturated heterocycles. The number of aryl methyl sites for hydroxylation is 4. The highest BCUT2D eigenvalue weighted by Crippen LogP contribution is 2.59. The molecule has 1 aliphatic carbocycles. The molecule has 12 aromatic rings. The molecule has 0 amide bonds. The molecule has 2 heterocycles. The van der Waals surface area contributed by atoms with Crippen LogP contribution in [0.2, 0.25) is 0 Å². The van der Waals surface area contributed by atoms with Crippen molar-refractivity contribution in [3.63, 3.8) is 0 Å². The smallest absolute Gasteiger partial charge is 0.143 e. The first kappa shape index (κ1) is 43.2. The molecule has 1 aliphatic heterocycles. The van der Waals surface area contributed by atoms with E-state index in [0.717, 1.165) is 93.2 Å². The van der Waals surface area contributed by atoms with Crippen molar-refractivity contribution in [1.29, 1.82) is 0 Å². The Morgan fingerprint density at radius 3 is 1.70 bits per heavy atom. The van der Waals surface area contributed by atoms with Crippen LogP contribution in [0.3, 0.4) is 0 Å². The summed E-state index contributed by atoms with van der Waals surface area (Å²) in [5.74, 6) is -0.203. The van der Waals surface area contributed by atoms with Gasteiger partial charge in [-0.1, -0.05) is 140 Å². The van der Waals surface area contributed by atoms with Crippen LogP contribution in [0.4, 0.5) is 8.78 Å². The summed E-state index contributed by atoms with van der Waals surface area (Å²) in [5.41, 5.74) is 16.6. The molecule has 14 rings (SSSR count). The van der Waals surface area contributed by atoms with Gasteiger partial charge >= 0.3 is 0 Å². The summed E-state index contributed by atoms with van der Waals surface area (Å²) in [6.45, 7) is 10.8. The molecule has 2 aliphatic rings. The summed E-state index contributed by atoms with van der Waals surface area (Å²) < 4.78 is 49.7. The van der Waals surface area contributed by atoms with Gasteiger partial charge in [-0.25, -0.2) is 8.78 Å². The SMILES string of the molecule is Cc1cccc(C)c1C1=CC2(C)Oc3c(cc4c(-c5c(F)cccc5-c5ccccc5)cc5c6oc7cc(-c8c(C)cccc8C)ccc7c6cc6cc(-c7c(F)cccc7-c7ccccc7)c3c4c65)C2C=C1. The van der Waals surface area contributed by atoms with Crippen LogP contribution in [0.5, 0.6) is 5.75 Å². The van der Waals surface area contributed by atoms with Gasteiger partial charge in [-0.05, 0) is 178 Å². The molecule has 0 saturated carbocycles. The maximum Gasteiger partial charge on any atom is 0.143 e. The number of furan rings is 1. The van der Waals surface area contributed by atoms with E-state index in [9.17, 15) is 0 Å². The summed E-state index contributed by atoms with van der Waals surface area (Å²) >= 11 is 0. The zero-order valence-electron chi connectivity index (χ0n) is 41.1. The molecule has 0 spiro atoms. The first-order chi connectivity index (χ1) is 35.5. The summed E-state index contributed by atoms with van der Waals surface area (Å²) in [4.78, 5) is 0. The molecular formula is C69H48F2O2. The Kier molecular flexibility index (Phi) is 9.44. The van der Waals surface area contributed by atoms with Crippen molar-refractivity contribution in [2.75, 3.05) is 0 Å². The fraction of sp³-hybridized carbons (Fsp3) is 0.101. The van der Waals surface area contributed by atoms with Crippen LogP contribution in [0, 0.1) is 39.3 Å². The summed E-state index contributed by atoms with van der Waals surface area (Å²) in [5, 5.41) is 7.10. The molecule has 0 radical (unpaired) electrons. The largest absolute Gasteiger partial charge is 0.482 e. The predicted octanol–water partition coefficient (Wildman–Crippen LogP) is 19.2. The molecule has 350 valence electrons. The fourth-order valence-electron chi connectivity index (χ4n) is 12.8. The first-order valence-corrected chi connectivity index (χ1v) is 25.1. The number of hydrogen-bond donors (Lipinski definition) is 0.